The van der Waals surface area contributed by atoms with E-state index in [1.54, 1.807) is 32.6 Å². The number of cyclic esters (lactones) is 1. The van der Waals surface area contributed by atoms with Crippen molar-refractivity contribution in [2.45, 2.75) is 76.7 Å². The van der Waals surface area contributed by atoms with Crippen LogP contribution in [0.25, 0.3) is 0 Å². The number of carbonyl (C=O) groups is 1. The van der Waals surface area contributed by atoms with Crippen LogP contribution in [-0.2, 0) is 9.53 Å². The summed E-state index contributed by atoms with van der Waals surface area (Å²) in [7, 11) is 0. The number of esters is 1. The van der Waals surface area contributed by atoms with Gasteiger partial charge in [-0.15, -0.1) is 0 Å². The van der Waals surface area contributed by atoms with Crippen LogP contribution in [0, 0.1) is 11.8 Å². The summed E-state index contributed by atoms with van der Waals surface area (Å²) in [5, 5.41) is 9.24. The summed E-state index contributed by atoms with van der Waals surface area (Å²) >= 11 is 0. The van der Waals surface area contributed by atoms with E-state index >= 15 is 0 Å². The van der Waals surface area contributed by atoms with Crippen molar-refractivity contribution < 1.29 is 14.6 Å². The minimum atomic E-state index is -0.824. The summed E-state index contributed by atoms with van der Waals surface area (Å²) in [5.41, 5.74) is -0.824. The molecule has 1 unspecified atom stereocenters. The second kappa shape index (κ2) is 6.74. The summed E-state index contributed by atoms with van der Waals surface area (Å²) in [6.07, 6.45) is 13.0. The molecule has 0 bridgehead atoms. The van der Waals surface area contributed by atoms with Crippen molar-refractivity contribution in [3.8, 4) is 0 Å². The molecule has 1 heterocycles. The molecule has 110 valence electrons. The molecule has 0 amide bonds. The average Bonchev–Trinajstić information content (AvgIpc) is 2.38. The summed E-state index contributed by atoms with van der Waals surface area (Å²) in [5.74, 6) is 2.01. The molecular formula is C16H28O3. The maximum absolute atomic E-state index is 10.5. The zero-order chi connectivity index (χ0) is 13.7. The molecule has 1 N–H and O–H groups in total. The van der Waals surface area contributed by atoms with Crippen molar-refractivity contribution in [1.29, 1.82) is 0 Å². The highest BCUT2D eigenvalue weighted by Gasteiger charge is 2.29. The van der Waals surface area contributed by atoms with E-state index in [9.17, 15) is 9.90 Å². The van der Waals surface area contributed by atoms with Crippen molar-refractivity contribution in [3.05, 3.63) is 0 Å². The van der Waals surface area contributed by atoms with E-state index in [0.29, 0.717) is 13.0 Å². The summed E-state index contributed by atoms with van der Waals surface area (Å²) in [6, 6.07) is 0. The molecule has 3 heteroatoms. The quantitative estimate of drug-likeness (QED) is 0.685. The van der Waals surface area contributed by atoms with Gasteiger partial charge in [-0.1, -0.05) is 51.4 Å². The molecule has 1 aliphatic heterocycles. The zero-order valence-corrected chi connectivity index (χ0v) is 12.2. The summed E-state index contributed by atoms with van der Waals surface area (Å²) < 4.78 is 4.61. The first-order valence-corrected chi connectivity index (χ1v) is 7.95. The maximum Gasteiger partial charge on any atom is 0.308 e. The predicted octanol–water partition coefficient (Wildman–Crippen LogP) is 3.44. The molecule has 0 aromatic heterocycles. The van der Waals surface area contributed by atoms with E-state index in [1.807, 2.05) is 0 Å². The van der Waals surface area contributed by atoms with Crippen LogP contribution >= 0.6 is 0 Å². The number of aliphatic hydroxyl groups is 1. The van der Waals surface area contributed by atoms with Crippen LogP contribution in [0.4, 0.5) is 0 Å². The second-order valence-corrected chi connectivity index (χ2v) is 6.73. The van der Waals surface area contributed by atoms with Crippen LogP contribution in [0.2, 0.25) is 0 Å². The summed E-state index contributed by atoms with van der Waals surface area (Å²) in [4.78, 5) is 10.5. The molecule has 2 saturated carbocycles. The van der Waals surface area contributed by atoms with Gasteiger partial charge < -0.3 is 9.84 Å². The largest absolute Gasteiger partial charge is 0.465 e. The lowest BCUT2D eigenvalue weighted by atomic mass is 9.71. The van der Waals surface area contributed by atoms with Crippen LogP contribution < -0.4 is 0 Å². The Kier molecular flexibility index (Phi) is 5.26. The lowest BCUT2D eigenvalue weighted by Gasteiger charge is -2.35. The van der Waals surface area contributed by atoms with Gasteiger partial charge in [0.25, 0.3) is 0 Å². The lowest BCUT2D eigenvalue weighted by molar-refractivity contribution is -0.157. The predicted molar refractivity (Wildman–Crippen MR) is 74.7 cm³/mol. The molecule has 3 rings (SSSR count). The van der Waals surface area contributed by atoms with Crippen molar-refractivity contribution in [1.82, 2.24) is 0 Å². The Hall–Kier alpha value is -0.570. The van der Waals surface area contributed by atoms with E-state index in [0.717, 1.165) is 11.8 Å². The van der Waals surface area contributed by atoms with Gasteiger partial charge in [0.2, 0.25) is 0 Å². The molecule has 2 aliphatic carbocycles. The molecule has 1 saturated heterocycles. The normalized spacial score (nSPS) is 38.5. The molecule has 1 atom stereocenters. The minimum absolute atomic E-state index is 0.132. The molecule has 19 heavy (non-hydrogen) atoms. The Labute approximate surface area is 116 Å². The number of fused-ring (bicyclic) bond motifs is 1. The van der Waals surface area contributed by atoms with Crippen molar-refractivity contribution >= 4 is 5.97 Å². The first-order valence-electron chi connectivity index (χ1n) is 7.95. The Morgan fingerprint density at radius 3 is 1.84 bits per heavy atom. The highest BCUT2D eigenvalue weighted by Crippen LogP contribution is 2.39. The van der Waals surface area contributed by atoms with Crippen LogP contribution in [0.1, 0.15) is 71.1 Å². The van der Waals surface area contributed by atoms with Crippen LogP contribution in [0.5, 0.6) is 0 Å². The Morgan fingerprint density at radius 1 is 1.05 bits per heavy atom. The van der Waals surface area contributed by atoms with Gasteiger partial charge >= 0.3 is 5.97 Å². The van der Waals surface area contributed by atoms with E-state index in [-0.39, 0.29) is 12.4 Å². The molecule has 0 spiro atoms. The molecule has 0 aromatic rings. The lowest BCUT2D eigenvalue weighted by Crippen LogP contribution is -2.35. The van der Waals surface area contributed by atoms with Crippen LogP contribution in [-0.4, -0.2) is 23.3 Å². The van der Waals surface area contributed by atoms with Gasteiger partial charge in [0, 0.05) is 6.42 Å². The third kappa shape index (κ3) is 4.79. The highest BCUT2D eigenvalue weighted by atomic mass is 16.5. The Morgan fingerprint density at radius 2 is 1.53 bits per heavy atom. The molecule has 3 nitrogen and oxygen atoms in total. The maximum atomic E-state index is 10.5. The smallest absolute Gasteiger partial charge is 0.308 e. The van der Waals surface area contributed by atoms with Crippen LogP contribution in [0.3, 0.4) is 0 Å². The third-order valence-corrected chi connectivity index (χ3v) is 4.90. The first kappa shape index (κ1) is 14.8. The average molecular weight is 268 g/mol. The van der Waals surface area contributed by atoms with E-state index in [4.69, 9.17) is 0 Å². The second-order valence-electron chi connectivity index (χ2n) is 6.73. The van der Waals surface area contributed by atoms with Gasteiger partial charge in [0.05, 0.1) is 18.6 Å². The van der Waals surface area contributed by atoms with Gasteiger partial charge in [-0.05, 0) is 18.8 Å². The molecule has 3 aliphatic rings. The fraction of sp³-hybridized carbons (Fsp3) is 0.938. The Bertz CT molecular complexity index is 272. The van der Waals surface area contributed by atoms with Crippen molar-refractivity contribution in [3.63, 3.8) is 0 Å². The minimum Gasteiger partial charge on any atom is -0.465 e. The van der Waals surface area contributed by atoms with Gasteiger partial charge in [0.1, 0.15) is 0 Å². The fourth-order valence-corrected chi connectivity index (χ4v) is 3.69. The third-order valence-electron chi connectivity index (χ3n) is 4.90. The molecule has 0 radical (unpaired) electrons. The Balaban J connectivity index is 0.000000141. The fourth-order valence-electron chi connectivity index (χ4n) is 3.69. The van der Waals surface area contributed by atoms with Crippen molar-refractivity contribution in [2.24, 2.45) is 11.8 Å². The van der Waals surface area contributed by atoms with Crippen LogP contribution in [0.15, 0.2) is 0 Å². The topological polar surface area (TPSA) is 46.5 Å². The standard InChI is InChI=1S/C10H18.C6H10O3/c1-2-6-10-8-4-3-7-9(10)5-1;1-6(8)2-3-9-5(7)4-6/h9-10H,1-8H2;8H,2-4H2,1H3. The van der Waals surface area contributed by atoms with Gasteiger partial charge in [0.15, 0.2) is 0 Å². The monoisotopic (exact) mass is 268 g/mol. The summed E-state index contributed by atoms with van der Waals surface area (Å²) in [6.45, 7) is 2.00. The van der Waals surface area contributed by atoms with E-state index in [2.05, 4.69) is 4.74 Å². The van der Waals surface area contributed by atoms with Crippen molar-refractivity contribution in [2.75, 3.05) is 6.61 Å². The van der Waals surface area contributed by atoms with E-state index < -0.39 is 5.60 Å². The zero-order valence-electron chi connectivity index (χ0n) is 12.2. The molecular weight excluding hydrogens is 240 g/mol. The van der Waals surface area contributed by atoms with Gasteiger partial charge in [-0.3, -0.25) is 4.79 Å². The molecule has 3 fully saturated rings. The molecule has 0 aromatic carbocycles. The number of carbonyl (C=O) groups excluding carboxylic acids is 1. The van der Waals surface area contributed by atoms with E-state index in [1.165, 1.54) is 25.7 Å². The number of hydrogen-bond donors (Lipinski definition) is 1. The number of rotatable bonds is 0. The SMILES string of the molecule is C1CCC2CCCCC2C1.CC1(O)CCOC(=O)C1. The van der Waals surface area contributed by atoms with Gasteiger partial charge in [-0.25, -0.2) is 0 Å². The number of ether oxygens (including phenoxy) is 1. The first-order chi connectivity index (χ1) is 9.07. The van der Waals surface area contributed by atoms with Gasteiger partial charge in [-0.2, -0.15) is 0 Å². The number of hydrogen-bond acceptors (Lipinski definition) is 3. The highest BCUT2D eigenvalue weighted by molar-refractivity contribution is 5.71.